The van der Waals surface area contributed by atoms with E-state index in [1.54, 1.807) is 0 Å². The maximum absolute atomic E-state index is 10.5. The van der Waals surface area contributed by atoms with Crippen LogP contribution in [-0.4, -0.2) is 27.7 Å². The SMILES string of the molecule is C[C@H](CC(=O)O)[C@@](C)(N)C(=O)O. The number of carboxylic acids is 2. The lowest BCUT2D eigenvalue weighted by atomic mass is 9.86. The van der Waals surface area contributed by atoms with Gasteiger partial charge in [-0.05, 0) is 12.8 Å². The Morgan fingerprint density at radius 3 is 2.17 bits per heavy atom. The molecule has 12 heavy (non-hydrogen) atoms. The van der Waals surface area contributed by atoms with E-state index in [0.29, 0.717) is 0 Å². The van der Waals surface area contributed by atoms with Gasteiger partial charge in [-0.1, -0.05) is 6.92 Å². The molecule has 70 valence electrons. The lowest BCUT2D eigenvalue weighted by Gasteiger charge is -2.25. The van der Waals surface area contributed by atoms with E-state index in [9.17, 15) is 9.59 Å². The second-order valence-electron chi connectivity index (χ2n) is 3.09. The van der Waals surface area contributed by atoms with Crippen LogP contribution in [0.3, 0.4) is 0 Å². The lowest BCUT2D eigenvalue weighted by molar-refractivity contribution is -0.146. The molecule has 0 spiro atoms. The summed E-state index contributed by atoms with van der Waals surface area (Å²) in [7, 11) is 0. The quantitative estimate of drug-likeness (QED) is 0.553. The van der Waals surface area contributed by atoms with Crippen molar-refractivity contribution in [2.75, 3.05) is 0 Å². The summed E-state index contributed by atoms with van der Waals surface area (Å²) in [4.78, 5) is 20.8. The van der Waals surface area contributed by atoms with Crippen molar-refractivity contribution in [1.29, 1.82) is 0 Å². The summed E-state index contributed by atoms with van der Waals surface area (Å²) in [6, 6.07) is 0. The summed E-state index contributed by atoms with van der Waals surface area (Å²) < 4.78 is 0. The van der Waals surface area contributed by atoms with E-state index in [1.807, 2.05) is 0 Å². The maximum atomic E-state index is 10.5. The Morgan fingerprint density at radius 2 is 1.92 bits per heavy atom. The van der Waals surface area contributed by atoms with Crippen molar-refractivity contribution in [1.82, 2.24) is 0 Å². The molecule has 0 aliphatic rings. The van der Waals surface area contributed by atoms with Crippen molar-refractivity contribution in [3.05, 3.63) is 0 Å². The van der Waals surface area contributed by atoms with Crippen molar-refractivity contribution >= 4 is 11.9 Å². The molecular weight excluding hydrogens is 162 g/mol. The molecule has 2 atom stereocenters. The van der Waals surface area contributed by atoms with Crippen LogP contribution < -0.4 is 5.73 Å². The first-order valence-corrected chi connectivity index (χ1v) is 3.52. The first-order valence-electron chi connectivity index (χ1n) is 3.52. The van der Waals surface area contributed by atoms with Crippen molar-refractivity contribution in [2.45, 2.75) is 25.8 Å². The fourth-order valence-electron chi connectivity index (χ4n) is 0.685. The molecule has 0 aromatic rings. The zero-order chi connectivity index (χ0) is 9.94. The van der Waals surface area contributed by atoms with Crippen LogP contribution in [-0.2, 0) is 9.59 Å². The third kappa shape index (κ3) is 2.50. The number of carbonyl (C=O) groups is 2. The average Bonchev–Trinajstić information content (AvgIpc) is 1.85. The molecule has 0 saturated carbocycles. The van der Waals surface area contributed by atoms with Gasteiger partial charge in [0.05, 0.1) is 6.42 Å². The van der Waals surface area contributed by atoms with E-state index in [4.69, 9.17) is 15.9 Å². The monoisotopic (exact) mass is 175 g/mol. The van der Waals surface area contributed by atoms with E-state index in [2.05, 4.69) is 0 Å². The van der Waals surface area contributed by atoms with E-state index in [-0.39, 0.29) is 6.42 Å². The molecule has 0 radical (unpaired) electrons. The summed E-state index contributed by atoms with van der Waals surface area (Å²) in [5.41, 5.74) is 3.91. The summed E-state index contributed by atoms with van der Waals surface area (Å²) in [5.74, 6) is -2.82. The van der Waals surface area contributed by atoms with Crippen LogP contribution in [0.5, 0.6) is 0 Å². The van der Waals surface area contributed by atoms with Crippen molar-refractivity contribution in [3.8, 4) is 0 Å². The highest BCUT2D eigenvalue weighted by Crippen LogP contribution is 2.17. The molecule has 0 bridgehead atoms. The Hall–Kier alpha value is -1.10. The van der Waals surface area contributed by atoms with Crippen LogP contribution in [0, 0.1) is 5.92 Å². The highest BCUT2D eigenvalue weighted by atomic mass is 16.4. The van der Waals surface area contributed by atoms with E-state index in [0.717, 1.165) is 0 Å². The van der Waals surface area contributed by atoms with Gasteiger partial charge in [0.15, 0.2) is 0 Å². The zero-order valence-electron chi connectivity index (χ0n) is 7.07. The molecule has 0 aromatic heterocycles. The molecule has 0 unspecified atom stereocenters. The van der Waals surface area contributed by atoms with Crippen molar-refractivity contribution in [2.24, 2.45) is 11.7 Å². The second-order valence-corrected chi connectivity index (χ2v) is 3.09. The van der Waals surface area contributed by atoms with E-state index >= 15 is 0 Å². The third-order valence-electron chi connectivity index (χ3n) is 1.97. The maximum Gasteiger partial charge on any atom is 0.323 e. The molecule has 5 nitrogen and oxygen atoms in total. The number of hydrogen-bond donors (Lipinski definition) is 3. The molecule has 0 amide bonds. The van der Waals surface area contributed by atoms with Gasteiger partial charge in [0.25, 0.3) is 0 Å². The highest BCUT2D eigenvalue weighted by molar-refractivity contribution is 5.79. The Labute approximate surface area is 70.2 Å². The molecule has 0 aliphatic heterocycles. The minimum atomic E-state index is -1.47. The van der Waals surface area contributed by atoms with Gasteiger partial charge in [0.1, 0.15) is 5.54 Å². The lowest BCUT2D eigenvalue weighted by Crippen LogP contribution is -2.51. The molecule has 0 aliphatic carbocycles. The predicted molar refractivity (Wildman–Crippen MR) is 41.6 cm³/mol. The smallest absolute Gasteiger partial charge is 0.323 e. The molecule has 0 saturated heterocycles. The van der Waals surface area contributed by atoms with Gasteiger partial charge in [-0.15, -0.1) is 0 Å². The summed E-state index contributed by atoms with van der Waals surface area (Å²) >= 11 is 0. The fourth-order valence-corrected chi connectivity index (χ4v) is 0.685. The van der Waals surface area contributed by atoms with Crippen LogP contribution in [0.1, 0.15) is 20.3 Å². The average molecular weight is 175 g/mol. The predicted octanol–water partition coefficient (Wildman–Crippen LogP) is -0.101. The van der Waals surface area contributed by atoms with Gasteiger partial charge in [0, 0.05) is 0 Å². The minimum Gasteiger partial charge on any atom is -0.481 e. The second kappa shape index (κ2) is 3.53. The largest absolute Gasteiger partial charge is 0.481 e. The molecule has 5 heteroatoms. The van der Waals surface area contributed by atoms with Gasteiger partial charge >= 0.3 is 11.9 Å². The Bertz CT molecular complexity index is 200. The van der Waals surface area contributed by atoms with Gasteiger partial charge in [0.2, 0.25) is 0 Å². The first-order chi connectivity index (χ1) is 5.28. The zero-order valence-corrected chi connectivity index (χ0v) is 7.07. The van der Waals surface area contributed by atoms with Gasteiger partial charge < -0.3 is 15.9 Å². The number of nitrogens with two attached hydrogens (primary N) is 1. The number of rotatable bonds is 4. The minimum absolute atomic E-state index is 0.237. The van der Waals surface area contributed by atoms with Crippen LogP contribution >= 0.6 is 0 Å². The molecular formula is C7H13NO4. The number of carboxylic acid groups (broad SMARTS) is 2. The summed E-state index contributed by atoms with van der Waals surface area (Å²) in [5, 5.41) is 17.0. The molecule has 4 N–H and O–H groups in total. The molecule has 0 fully saturated rings. The Morgan fingerprint density at radius 1 is 1.50 bits per heavy atom. The number of aliphatic carboxylic acids is 2. The standard InChI is InChI=1S/C7H13NO4/c1-4(3-5(9)10)7(2,8)6(11)12/h4H,3,8H2,1-2H3,(H,9,10)(H,11,12)/t4-,7-/m1/s1. The highest BCUT2D eigenvalue weighted by Gasteiger charge is 2.35. The van der Waals surface area contributed by atoms with E-state index < -0.39 is 23.4 Å². The van der Waals surface area contributed by atoms with Crippen LogP contribution in [0.2, 0.25) is 0 Å². The van der Waals surface area contributed by atoms with Crippen LogP contribution in [0.25, 0.3) is 0 Å². The topological polar surface area (TPSA) is 101 Å². The molecule has 0 heterocycles. The van der Waals surface area contributed by atoms with Crippen molar-refractivity contribution in [3.63, 3.8) is 0 Å². The first kappa shape index (κ1) is 10.9. The van der Waals surface area contributed by atoms with Crippen LogP contribution in [0.15, 0.2) is 0 Å². The van der Waals surface area contributed by atoms with Gasteiger partial charge in [-0.25, -0.2) is 0 Å². The van der Waals surface area contributed by atoms with Gasteiger partial charge in [-0.2, -0.15) is 0 Å². The van der Waals surface area contributed by atoms with Gasteiger partial charge in [-0.3, -0.25) is 9.59 Å². The fraction of sp³-hybridized carbons (Fsp3) is 0.714. The Balaban J connectivity index is 4.35. The van der Waals surface area contributed by atoms with E-state index in [1.165, 1.54) is 13.8 Å². The normalized spacial score (nSPS) is 17.9. The number of hydrogen-bond acceptors (Lipinski definition) is 3. The summed E-state index contributed by atoms with van der Waals surface area (Å²) in [6.45, 7) is 2.81. The Kier molecular flexibility index (Phi) is 3.21. The third-order valence-corrected chi connectivity index (χ3v) is 1.97. The summed E-state index contributed by atoms with van der Waals surface area (Å²) in [6.07, 6.45) is -0.237. The molecule has 0 rings (SSSR count). The van der Waals surface area contributed by atoms with Crippen LogP contribution in [0.4, 0.5) is 0 Å². The van der Waals surface area contributed by atoms with Crippen molar-refractivity contribution < 1.29 is 19.8 Å². The molecule has 0 aromatic carbocycles.